The fourth-order valence-electron chi connectivity index (χ4n) is 2.82. The molecule has 1 rings (SSSR count). The van der Waals surface area contributed by atoms with Crippen LogP contribution >= 0.6 is 0 Å². The van der Waals surface area contributed by atoms with Gasteiger partial charge in [0.25, 0.3) is 5.91 Å². The highest BCUT2D eigenvalue weighted by molar-refractivity contribution is 5.99. The van der Waals surface area contributed by atoms with Gasteiger partial charge in [-0.05, 0) is 44.9 Å². The van der Waals surface area contributed by atoms with Crippen molar-refractivity contribution in [3.8, 4) is 6.07 Å². The van der Waals surface area contributed by atoms with Crippen LogP contribution in [0.25, 0.3) is 6.08 Å². The quantitative estimate of drug-likeness (QED) is 0.385. The Kier molecular flexibility index (Phi) is 9.31. The minimum atomic E-state index is -0.808. The molecule has 27 heavy (non-hydrogen) atoms. The summed E-state index contributed by atoms with van der Waals surface area (Å²) in [6, 6.07) is 3.77. The van der Waals surface area contributed by atoms with Crippen molar-refractivity contribution in [2.24, 2.45) is 0 Å². The van der Waals surface area contributed by atoms with Gasteiger partial charge < -0.3 is 19.4 Å². The number of rotatable bonds is 10. The third kappa shape index (κ3) is 6.91. The van der Waals surface area contributed by atoms with Gasteiger partial charge >= 0.3 is 5.97 Å². The lowest BCUT2D eigenvalue weighted by Crippen LogP contribution is -2.35. The molecule has 0 radical (unpaired) electrons. The molecule has 0 aliphatic rings. The number of aryl methyl sites for hydroxylation is 1. The maximum absolute atomic E-state index is 12.1. The van der Waals surface area contributed by atoms with Gasteiger partial charge in [-0.15, -0.1) is 0 Å². The largest absolute Gasteiger partial charge is 0.451 e. The third-order valence-corrected chi connectivity index (χ3v) is 4.24. The number of esters is 1. The predicted molar refractivity (Wildman–Crippen MR) is 103 cm³/mol. The van der Waals surface area contributed by atoms with Crippen LogP contribution in [-0.4, -0.2) is 42.8 Å². The molecule has 0 bridgehead atoms. The normalized spacial score (nSPS) is 12.4. The first-order chi connectivity index (χ1) is 12.8. The number of nitriles is 1. The standard InChI is InChI=1S/C20H29N3O4/c1-6-7-14(2)22-19(24)13-27-20(25)18(12-21)11-17-10-15(3)23(16(17)4)8-9-26-5/h10-11,14H,6-9,13H2,1-5H3,(H,22,24)/b18-11+/t14-/m1/s1. The zero-order valence-electron chi connectivity index (χ0n) is 16.8. The predicted octanol–water partition coefficient (Wildman–Crippen LogP) is 2.51. The lowest BCUT2D eigenvalue weighted by atomic mass is 10.1. The van der Waals surface area contributed by atoms with Gasteiger partial charge in [0.1, 0.15) is 11.6 Å². The minimum absolute atomic E-state index is 0.0182. The first-order valence-corrected chi connectivity index (χ1v) is 9.07. The molecule has 1 aromatic heterocycles. The summed E-state index contributed by atoms with van der Waals surface area (Å²) in [4.78, 5) is 23.9. The number of amides is 1. The highest BCUT2D eigenvalue weighted by atomic mass is 16.5. The Hall–Kier alpha value is -2.59. The highest BCUT2D eigenvalue weighted by Crippen LogP contribution is 2.18. The average molecular weight is 375 g/mol. The molecule has 1 N–H and O–H groups in total. The van der Waals surface area contributed by atoms with Crippen molar-refractivity contribution in [2.45, 2.75) is 53.1 Å². The molecular formula is C20H29N3O4. The van der Waals surface area contributed by atoms with Crippen LogP contribution in [0.15, 0.2) is 11.6 Å². The molecule has 0 aliphatic carbocycles. The number of methoxy groups -OCH3 is 1. The van der Waals surface area contributed by atoms with Crippen LogP contribution in [0.4, 0.5) is 0 Å². The van der Waals surface area contributed by atoms with E-state index in [0.29, 0.717) is 13.2 Å². The maximum atomic E-state index is 12.1. The summed E-state index contributed by atoms with van der Waals surface area (Å²) in [5, 5.41) is 12.0. The van der Waals surface area contributed by atoms with E-state index in [0.717, 1.165) is 29.8 Å². The zero-order chi connectivity index (χ0) is 20.4. The summed E-state index contributed by atoms with van der Waals surface area (Å²) in [6.07, 6.45) is 3.29. The number of hydrogen-bond acceptors (Lipinski definition) is 5. The number of nitrogens with zero attached hydrogens (tertiary/aromatic N) is 2. The van der Waals surface area contributed by atoms with Crippen LogP contribution in [-0.2, 0) is 25.6 Å². The first kappa shape index (κ1) is 22.5. The van der Waals surface area contributed by atoms with Gasteiger partial charge in [-0.25, -0.2) is 4.79 Å². The monoisotopic (exact) mass is 375 g/mol. The van der Waals surface area contributed by atoms with Gasteiger partial charge in [0, 0.05) is 31.1 Å². The SMILES string of the molecule is CCC[C@@H](C)NC(=O)COC(=O)/C(C#N)=C/c1cc(C)n(CCOC)c1C. The van der Waals surface area contributed by atoms with Gasteiger partial charge in [0.2, 0.25) is 0 Å². The molecule has 0 saturated heterocycles. The van der Waals surface area contributed by atoms with Crippen LogP contribution in [0.3, 0.4) is 0 Å². The molecule has 0 unspecified atom stereocenters. The van der Waals surface area contributed by atoms with E-state index in [-0.39, 0.29) is 17.5 Å². The van der Waals surface area contributed by atoms with Gasteiger partial charge in [-0.1, -0.05) is 13.3 Å². The van der Waals surface area contributed by atoms with Crippen LogP contribution < -0.4 is 5.32 Å². The number of carbonyl (C=O) groups is 2. The van der Waals surface area contributed by atoms with E-state index in [2.05, 4.69) is 9.88 Å². The first-order valence-electron chi connectivity index (χ1n) is 9.07. The van der Waals surface area contributed by atoms with Crippen molar-refractivity contribution in [1.82, 2.24) is 9.88 Å². The van der Waals surface area contributed by atoms with Crippen LogP contribution in [0.5, 0.6) is 0 Å². The second-order valence-corrected chi connectivity index (χ2v) is 6.47. The van der Waals surface area contributed by atoms with Crippen molar-refractivity contribution in [3.63, 3.8) is 0 Å². The molecule has 7 nitrogen and oxygen atoms in total. The van der Waals surface area contributed by atoms with E-state index >= 15 is 0 Å². The van der Waals surface area contributed by atoms with Crippen LogP contribution in [0, 0.1) is 25.2 Å². The summed E-state index contributed by atoms with van der Waals surface area (Å²) in [7, 11) is 1.64. The smallest absolute Gasteiger partial charge is 0.349 e. The lowest BCUT2D eigenvalue weighted by molar-refractivity contribution is -0.144. The summed E-state index contributed by atoms with van der Waals surface area (Å²) >= 11 is 0. The Bertz CT molecular complexity index is 728. The van der Waals surface area contributed by atoms with Crippen molar-refractivity contribution in [1.29, 1.82) is 5.26 Å². The van der Waals surface area contributed by atoms with Gasteiger partial charge in [0.15, 0.2) is 6.61 Å². The number of hydrogen-bond donors (Lipinski definition) is 1. The van der Waals surface area contributed by atoms with Crippen molar-refractivity contribution in [2.75, 3.05) is 20.3 Å². The van der Waals surface area contributed by atoms with E-state index in [1.165, 1.54) is 6.08 Å². The lowest BCUT2D eigenvalue weighted by Gasteiger charge is -2.12. The summed E-state index contributed by atoms with van der Waals surface area (Å²) in [6.45, 7) is 8.63. The summed E-state index contributed by atoms with van der Waals surface area (Å²) in [5.74, 6) is -1.18. The fourth-order valence-corrected chi connectivity index (χ4v) is 2.82. The van der Waals surface area contributed by atoms with Crippen molar-refractivity contribution >= 4 is 18.0 Å². The molecule has 1 aromatic rings. The molecule has 0 saturated carbocycles. The van der Waals surface area contributed by atoms with Gasteiger partial charge in [-0.3, -0.25) is 4.79 Å². The van der Waals surface area contributed by atoms with E-state index in [4.69, 9.17) is 9.47 Å². The van der Waals surface area contributed by atoms with Gasteiger partial charge in [0.05, 0.1) is 6.61 Å². The van der Waals surface area contributed by atoms with Crippen molar-refractivity contribution in [3.05, 3.63) is 28.6 Å². The molecule has 0 aromatic carbocycles. The Morgan fingerprint density at radius 2 is 2.11 bits per heavy atom. The molecule has 0 spiro atoms. The minimum Gasteiger partial charge on any atom is -0.451 e. The summed E-state index contributed by atoms with van der Waals surface area (Å²) in [5.41, 5.74) is 2.55. The Labute approximate surface area is 160 Å². The molecule has 0 fully saturated rings. The zero-order valence-corrected chi connectivity index (χ0v) is 16.8. The highest BCUT2D eigenvalue weighted by Gasteiger charge is 2.16. The second-order valence-electron chi connectivity index (χ2n) is 6.47. The molecule has 1 heterocycles. The van der Waals surface area contributed by atoms with Gasteiger partial charge in [-0.2, -0.15) is 5.26 Å². The molecular weight excluding hydrogens is 346 g/mol. The summed E-state index contributed by atoms with van der Waals surface area (Å²) < 4.78 is 12.1. The average Bonchev–Trinajstić information content (AvgIpc) is 2.89. The van der Waals surface area contributed by atoms with Crippen molar-refractivity contribution < 1.29 is 19.1 Å². The maximum Gasteiger partial charge on any atom is 0.349 e. The molecule has 148 valence electrons. The second kappa shape index (κ2) is 11.2. The number of aromatic nitrogens is 1. The molecule has 7 heteroatoms. The molecule has 1 amide bonds. The number of ether oxygens (including phenoxy) is 2. The van der Waals surface area contributed by atoms with E-state index in [1.807, 2.05) is 39.8 Å². The van der Waals surface area contributed by atoms with E-state index < -0.39 is 12.6 Å². The number of carbonyl (C=O) groups excluding carboxylic acids is 2. The topological polar surface area (TPSA) is 93.4 Å². The Morgan fingerprint density at radius 1 is 1.41 bits per heavy atom. The Balaban J connectivity index is 2.78. The Morgan fingerprint density at radius 3 is 2.70 bits per heavy atom. The molecule has 0 aliphatic heterocycles. The fraction of sp³-hybridized carbons (Fsp3) is 0.550. The van der Waals surface area contributed by atoms with E-state index in [1.54, 1.807) is 7.11 Å². The van der Waals surface area contributed by atoms with E-state index in [9.17, 15) is 14.9 Å². The third-order valence-electron chi connectivity index (χ3n) is 4.24. The van der Waals surface area contributed by atoms with Crippen LogP contribution in [0.1, 0.15) is 43.6 Å². The number of nitrogens with one attached hydrogen (secondary N) is 1. The molecule has 1 atom stereocenters. The van der Waals surface area contributed by atoms with Crippen LogP contribution in [0.2, 0.25) is 0 Å².